The molecule has 0 spiro atoms. The second-order valence-electron chi connectivity index (χ2n) is 5.48. The van der Waals surface area contributed by atoms with Crippen molar-refractivity contribution in [3.8, 4) is 0 Å². The van der Waals surface area contributed by atoms with Gasteiger partial charge in [0.05, 0.1) is 0 Å². The molecule has 0 amide bonds. The first-order chi connectivity index (χ1) is 8.84. The van der Waals surface area contributed by atoms with Crippen LogP contribution in [0.1, 0.15) is 24.3 Å². The number of likely N-dealkylation sites (N-methyl/N-ethyl adjacent to an activating group) is 1. The predicted octanol–water partition coefficient (Wildman–Crippen LogP) is 2.56. The molecule has 2 aliphatic heterocycles. The third kappa shape index (κ3) is 2.58. The van der Waals surface area contributed by atoms with E-state index in [2.05, 4.69) is 41.5 Å². The number of nitrogens with zero attached hydrogens (tertiary/aromatic N) is 1. The highest BCUT2D eigenvalue weighted by Gasteiger charge is 2.24. The highest BCUT2D eigenvalue weighted by Crippen LogP contribution is 2.38. The van der Waals surface area contributed by atoms with Gasteiger partial charge in [0.1, 0.15) is 0 Å². The van der Waals surface area contributed by atoms with Gasteiger partial charge in [-0.3, -0.25) is 0 Å². The van der Waals surface area contributed by atoms with Gasteiger partial charge in [-0.25, -0.2) is 0 Å². The average Bonchev–Trinajstić information content (AvgIpc) is 2.97. The molecule has 98 valence electrons. The molecule has 3 heteroatoms. The summed E-state index contributed by atoms with van der Waals surface area (Å²) in [6.07, 6.45) is 2.73. The molecule has 0 bridgehead atoms. The van der Waals surface area contributed by atoms with Crippen LogP contribution in [0, 0.1) is 0 Å². The molecule has 18 heavy (non-hydrogen) atoms. The summed E-state index contributed by atoms with van der Waals surface area (Å²) in [5.74, 6) is 1.95. The van der Waals surface area contributed by atoms with Gasteiger partial charge in [0.15, 0.2) is 0 Å². The summed E-state index contributed by atoms with van der Waals surface area (Å²) in [6, 6.07) is 9.63. The Kier molecular flexibility index (Phi) is 3.92. The summed E-state index contributed by atoms with van der Waals surface area (Å²) in [6.45, 7) is 3.56. The summed E-state index contributed by atoms with van der Waals surface area (Å²) in [5.41, 5.74) is 1.55. The van der Waals surface area contributed by atoms with Crippen LogP contribution in [0.3, 0.4) is 0 Å². The van der Waals surface area contributed by atoms with Crippen LogP contribution in [-0.2, 0) is 0 Å². The van der Waals surface area contributed by atoms with E-state index < -0.39 is 0 Å². The van der Waals surface area contributed by atoms with E-state index in [1.807, 2.05) is 11.8 Å². The van der Waals surface area contributed by atoms with Gasteiger partial charge < -0.3 is 10.2 Å². The third-order valence-corrected chi connectivity index (χ3v) is 5.49. The van der Waals surface area contributed by atoms with Gasteiger partial charge in [0.2, 0.25) is 0 Å². The Morgan fingerprint density at radius 3 is 3.06 bits per heavy atom. The van der Waals surface area contributed by atoms with Crippen molar-refractivity contribution in [2.75, 3.05) is 32.4 Å². The lowest BCUT2D eigenvalue weighted by molar-refractivity contribution is 0.299. The maximum absolute atomic E-state index is 3.69. The average molecular weight is 262 g/mol. The van der Waals surface area contributed by atoms with E-state index in [9.17, 15) is 0 Å². The molecule has 0 radical (unpaired) electrons. The van der Waals surface area contributed by atoms with E-state index in [-0.39, 0.29) is 0 Å². The molecule has 0 aromatic heterocycles. The SMILES string of the molecule is CN1CCCC1CNCC1CSc2ccccc21. The van der Waals surface area contributed by atoms with Crippen molar-refractivity contribution in [1.82, 2.24) is 10.2 Å². The van der Waals surface area contributed by atoms with Crippen LogP contribution in [0.2, 0.25) is 0 Å². The van der Waals surface area contributed by atoms with Gasteiger partial charge in [-0.1, -0.05) is 18.2 Å². The minimum atomic E-state index is 0.706. The number of rotatable bonds is 4. The molecular weight excluding hydrogens is 240 g/mol. The van der Waals surface area contributed by atoms with E-state index in [1.165, 1.54) is 30.0 Å². The molecule has 1 fully saturated rings. The topological polar surface area (TPSA) is 15.3 Å². The lowest BCUT2D eigenvalue weighted by Crippen LogP contribution is -2.37. The Morgan fingerprint density at radius 1 is 1.33 bits per heavy atom. The van der Waals surface area contributed by atoms with Gasteiger partial charge in [-0.15, -0.1) is 11.8 Å². The molecule has 3 rings (SSSR count). The van der Waals surface area contributed by atoms with Crippen LogP contribution in [0.4, 0.5) is 0 Å². The zero-order valence-corrected chi connectivity index (χ0v) is 11.9. The quantitative estimate of drug-likeness (QED) is 0.898. The summed E-state index contributed by atoms with van der Waals surface area (Å²) in [7, 11) is 2.25. The smallest absolute Gasteiger partial charge is 0.0218 e. The van der Waals surface area contributed by atoms with Crippen molar-refractivity contribution in [2.24, 2.45) is 0 Å². The number of nitrogens with one attached hydrogen (secondary N) is 1. The first kappa shape index (κ1) is 12.5. The first-order valence-corrected chi connectivity index (χ1v) is 7.96. The summed E-state index contributed by atoms with van der Waals surface area (Å²) < 4.78 is 0. The van der Waals surface area contributed by atoms with Crippen LogP contribution < -0.4 is 5.32 Å². The van der Waals surface area contributed by atoms with Crippen molar-refractivity contribution < 1.29 is 0 Å². The lowest BCUT2D eigenvalue weighted by atomic mass is 10.0. The fourth-order valence-electron chi connectivity index (χ4n) is 3.06. The maximum Gasteiger partial charge on any atom is 0.0218 e. The first-order valence-electron chi connectivity index (χ1n) is 6.97. The number of hydrogen-bond donors (Lipinski definition) is 1. The van der Waals surface area contributed by atoms with Crippen LogP contribution in [0.5, 0.6) is 0 Å². The highest BCUT2D eigenvalue weighted by atomic mass is 32.2. The van der Waals surface area contributed by atoms with E-state index >= 15 is 0 Å². The van der Waals surface area contributed by atoms with E-state index in [0.717, 1.165) is 19.1 Å². The molecule has 2 nitrogen and oxygen atoms in total. The van der Waals surface area contributed by atoms with Crippen LogP contribution in [0.15, 0.2) is 29.2 Å². The van der Waals surface area contributed by atoms with Crippen molar-refractivity contribution in [2.45, 2.75) is 29.7 Å². The minimum Gasteiger partial charge on any atom is -0.315 e. The summed E-state index contributed by atoms with van der Waals surface area (Å²) in [4.78, 5) is 3.98. The highest BCUT2D eigenvalue weighted by molar-refractivity contribution is 7.99. The zero-order valence-electron chi connectivity index (χ0n) is 11.1. The molecule has 2 aliphatic rings. The molecule has 1 N–H and O–H groups in total. The Morgan fingerprint density at radius 2 is 2.22 bits per heavy atom. The van der Waals surface area contributed by atoms with Gasteiger partial charge in [-0.2, -0.15) is 0 Å². The molecule has 1 aromatic rings. The summed E-state index contributed by atoms with van der Waals surface area (Å²) >= 11 is 2.01. The van der Waals surface area contributed by atoms with Gasteiger partial charge >= 0.3 is 0 Å². The Hall–Kier alpha value is -0.510. The molecule has 1 saturated heterocycles. The fraction of sp³-hybridized carbons (Fsp3) is 0.600. The second-order valence-corrected chi connectivity index (χ2v) is 6.54. The molecule has 2 atom stereocenters. The fourth-order valence-corrected chi connectivity index (χ4v) is 4.31. The van der Waals surface area contributed by atoms with E-state index in [1.54, 1.807) is 5.56 Å². The normalized spacial score (nSPS) is 27.6. The van der Waals surface area contributed by atoms with Crippen molar-refractivity contribution in [1.29, 1.82) is 0 Å². The molecule has 1 aromatic carbocycles. The Balaban J connectivity index is 1.50. The van der Waals surface area contributed by atoms with Crippen LogP contribution in [-0.4, -0.2) is 43.4 Å². The number of benzene rings is 1. The molecule has 2 heterocycles. The number of hydrogen-bond acceptors (Lipinski definition) is 3. The van der Waals surface area contributed by atoms with Gasteiger partial charge in [0.25, 0.3) is 0 Å². The second kappa shape index (κ2) is 5.64. The standard InChI is InChI=1S/C15H22N2S/c1-17-8-4-5-13(17)10-16-9-12-11-18-15-7-3-2-6-14(12)15/h2-3,6-7,12-13,16H,4-5,8-11H2,1H3. The minimum absolute atomic E-state index is 0.706. The number of likely N-dealkylation sites (tertiary alicyclic amines) is 1. The Bertz CT molecular complexity index is 407. The molecule has 0 aliphatic carbocycles. The van der Waals surface area contributed by atoms with E-state index in [4.69, 9.17) is 0 Å². The van der Waals surface area contributed by atoms with Crippen molar-refractivity contribution in [3.05, 3.63) is 29.8 Å². The lowest BCUT2D eigenvalue weighted by Gasteiger charge is -2.21. The largest absolute Gasteiger partial charge is 0.315 e. The molecular formula is C15H22N2S. The maximum atomic E-state index is 3.69. The van der Waals surface area contributed by atoms with Crippen LogP contribution >= 0.6 is 11.8 Å². The number of fused-ring (bicyclic) bond motifs is 1. The molecule has 0 saturated carbocycles. The predicted molar refractivity (Wildman–Crippen MR) is 78.4 cm³/mol. The summed E-state index contributed by atoms with van der Waals surface area (Å²) in [5, 5.41) is 3.69. The van der Waals surface area contributed by atoms with Gasteiger partial charge in [0, 0.05) is 35.7 Å². The molecule has 2 unspecified atom stereocenters. The monoisotopic (exact) mass is 262 g/mol. The van der Waals surface area contributed by atoms with Crippen molar-refractivity contribution >= 4 is 11.8 Å². The zero-order chi connectivity index (χ0) is 12.4. The number of thioether (sulfide) groups is 1. The third-order valence-electron chi connectivity index (χ3n) is 4.24. The van der Waals surface area contributed by atoms with E-state index in [0.29, 0.717) is 5.92 Å². The van der Waals surface area contributed by atoms with Gasteiger partial charge in [-0.05, 0) is 38.1 Å². The van der Waals surface area contributed by atoms with Crippen molar-refractivity contribution in [3.63, 3.8) is 0 Å². The van der Waals surface area contributed by atoms with Crippen LogP contribution in [0.25, 0.3) is 0 Å². The Labute approximate surface area is 114 Å².